The number of aromatic nitrogens is 1. The van der Waals surface area contributed by atoms with E-state index in [-0.39, 0.29) is 5.69 Å². The highest BCUT2D eigenvalue weighted by Crippen LogP contribution is 2.30. The van der Waals surface area contributed by atoms with Crippen LogP contribution in [-0.2, 0) is 0 Å². The van der Waals surface area contributed by atoms with Gasteiger partial charge in [0.05, 0.1) is 0 Å². The van der Waals surface area contributed by atoms with Crippen molar-refractivity contribution in [3.63, 3.8) is 0 Å². The maximum absolute atomic E-state index is 13.7. The molecule has 3 N–H and O–H groups in total. The molecule has 1 heterocycles. The van der Waals surface area contributed by atoms with Crippen LogP contribution in [0.3, 0.4) is 0 Å². The summed E-state index contributed by atoms with van der Waals surface area (Å²) in [7, 11) is 0. The van der Waals surface area contributed by atoms with E-state index in [1.54, 1.807) is 12.3 Å². The predicted molar refractivity (Wildman–Crippen MR) is 80.5 cm³/mol. The van der Waals surface area contributed by atoms with Crippen LogP contribution in [0.25, 0.3) is 10.8 Å². The molecule has 5 heteroatoms. The number of fused-ring (bicyclic) bond motifs is 1. The lowest BCUT2D eigenvalue weighted by atomic mass is 10.1. The molecule has 0 fully saturated rings. The van der Waals surface area contributed by atoms with Gasteiger partial charge >= 0.3 is 0 Å². The zero-order valence-electron chi connectivity index (χ0n) is 11.3. The van der Waals surface area contributed by atoms with Crippen molar-refractivity contribution >= 4 is 28.0 Å². The van der Waals surface area contributed by atoms with E-state index in [0.717, 1.165) is 16.3 Å². The minimum absolute atomic E-state index is 0.224. The number of aryl methyl sites for hydroxylation is 1. The Hall–Kier alpha value is -2.69. The van der Waals surface area contributed by atoms with Gasteiger partial charge in [0.2, 0.25) is 0 Å². The normalized spacial score (nSPS) is 10.8. The van der Waals surface area contributed by atoms with Crippen LogP contribution >= 0.6 is 0 Å². The number of anilines is 3. The van der Waals surface area contributed by atoms with E-state index in [1.807, 2.05) is 19.1 Å². The summed E-state index contributed by atoms with van der Waals surface area (Å²) in [5, 5.41) is 4.23. The maximum Gasteiger partial charge on any atom is 0.149 e. The van der Waals surface area contributed by atoms with Crippen LogP contribution in [0.2, 0.25) is 0 Å². The highest BCUT2D eigenvalue weighted by Gasteiger charge is 2.12. The number of nitrogen functional groups attached to an aromatic ring is 1. The lowest BCUT2D eigenvalue weighted by Gasteiger charge is -2.12. The monoisotopic (exact) mass is 285 g/mol. The largest absolute Gasteiger partial charge is 0.398 e. The number of nitrogens with one attached hydrogen (secondary N) is 1. The molecule has 3 nitrogen and oxygen atoms in total. The molecule has 0 aliphatic rings. The molecule has 0 aliphatic carbocycles. The molecule has 3 aromatic rings. The minimum atomic E-state index is -0.672. The first-order chi connectivity index (χ1) is 10.1. The number of halogens is 2. The van der Waals surface area contributed by atoms with Crippen molar-refractivity contribution in [2.75, 3.05) is 11.1 Å². The summed E-state index contributed by atoms with van der Waals surface area (Å²) in [5.41, 5.74) is 7.30. The number of para-hydroxylation sites is 1. The highest BCUT2D eigenvalue weighted by molar-refractivity contribution is 6.00. The van der Waals surface area contributed by atoms with E-state index >= 15 is 0 Å². The topological polar surface area (TPSA) is 50.9 Å². The molecule has 0 atom stereocenters. The Balaban J connectivity index is 2.17. The first-order valence-electron chi connectivity index (χ1n) is 6.42. The van der Waals surface area contributed by atoms with Crippen LogP contribution in [-0.4, -0.2) is 4.98 Å². The Bertz CT molecular complexity index is 811. The van der Waals surface area contributed by atoms with Crippen LogP contribution < -0.4 is 11.1 Å². The molecule has 1 aromatic heterocycles. The van der Waals surface area contributed by atoms with E-state index in [9.17, 15) is 8.78 Å². The first-order valence-corrected chi connectivity index (χ1v) is 6.42. The van der Waals surface area contributed by atoms with Crippen molar-refractivity contribution in [3.05, 3.63) is 59.8 Å². The summed E-state index contributed by atoms with van der Waals surface area (Å²) in [6, 6.07) is 9.18. The SMILES string of the molecule is Cc1cc(N)c2ccnc(Nc3c(F)cccc3F)c2c1. The second kappa shape index (κ2) is 5.01. The molecule has 0 saturated heterocycles. The maximum atomic E-state index is 13.7. The Labute approximate surface area is 120 Å². The quantitative estimate of drug-likeness (QED) is 0.695. The van der Waals surface area contributed by atoms with Crippen molar-refractivity contribution < 1.29 is 8.78 Å². The van der Waals surface area contributed by atoms with Gasteiger partial charge in [-0.15, -0.1) is 0 Å². The van der Waals surface area contributed by atoms with Gasteiger partial charge < -0.3 is 11.1 Å². The van der Waals surface area contributed by atoms with Crippen molar-refractivity contribution in [2.45, 2.75) is 6.92 Å². The molecule has 0 amide bonds. The molecule has 0 bridgehead atoms. The molecule has 3 rings (SSSR count). The number of hydrogen-bond acceptors (Lipinski definition) is 3. The Morgan fingerprint density at radius 3 is 2.48 bits per heavy atom. The van der Waals surface area contributed by atoms with Gasteiger partial charge in [-0.05, 0) is 42.8 Å². The fourth-order valence-corrected chi connectivity index (χ4v) is 2.30. The van der Waals surface area contributed by atoms with E-state index in [1.165, 1.54) is 18.2 Å². The lowest BCUT2D eigenvalue weighted by Crippen LogP contribution is -2.01. The van der Waals surface area contributed by atoms with Crippen molar-refractivity contribution in [2.24, 2.45) is 0 Å². The van der Waals surface area contributed by atoms with E-state index in [4.69, 9.17) is 5.73 Å². The number of benzene rings is 2. The minimum Gasteiger partial charge on any atom is -0.398 e. The van der Waals surface area contributed by atoms with Gasteiger partial charge in [-0.3, -0.25) is 0 Å². The third-order valence-electron chi connectivity index (χ3n) is 3.26. The third-order valence-corrected chi connectivity index (χ3v) is 3.26. The first kappa shape index (κ1) is 13.3. The standard InChI is InChI=1S/C16H13F2N3/c1-9-7-11-10(14(19)8-9)5-6-20-16(11)21-15-12(17)3-2-4-13(15)18/h2-8H,19H2,1H3,(H,20,21). The summed E-state index contributed by atoms with van der Waals surface area (Å²) in [6.45, 7) is 1.90. The highest BCUT2D eigenvalue weighted by atomic mass is 19.1. The van der Waals surface area contributed by atoms with Crippen LogP contribution in [0.15, 0.2) is 42.6 Å². The van der Waals surface area contributed by atoms with Crippen LogP contribution in [0.4, 0.5) is 26.0 Å². The molecule has 0 saturated carbocycles. The average molecular weight is 285 g/mol. The Morgan fingerprint density at radius 2 is 1.76 bits per heavy atom. The zero-order valence-corrected chi connectivity index (χ0v) is 11.3. The molecule has 0 spiro atoms. The fraction of sp³-hybridized carbons (Fsp3) is 0.0625. The van der Waals surface area contributed by atoms with Crippen LogP contribution in [0.5, 0.6) is 0 Å². The van der Waals surface area contributed by atoms with Gasteiger partial charge in [0.25, 0.3) is 0 Å². The van der Waals surface area contributed by atoms with Gasteiger partial charge in [-0.25, -0.2) is 13.8 Å². The molecule has 0 unspecified atom stereocenters. The summed E-state index contributed by atoms with van der Waals surface area (Å²) in [4.78, 5) is 4.17. The Morgan fingerprint density at radius 1 is 1.05 bits per heavy atom. The number of hydrogen-bond donors (Lipinski definition) is 2. The van der Waals surface area contributed by atoms with Crippen molar-refractivity contribution in [3.8, 4) is 0 Å². The number of nitrogens with zero attached hydrogens (tertiary/aromatic N) is 1. The van der Waals surface area contributed by atoms with Gasteiger partial charge in [0.15, 0.2) is 0 Å². The number of nitrogens with two attached hydrogens (primary N) is 1. The van der Waals surface area contributed by atoms with Gasteiger partial charge in [-0.2, -0.15) is 0 Å². The second-order valence-corrected chi connectivity index (χ2v) is 4.83. The van der Waals surface area contributed by atoms with E-state index in [2.05, 4.69) is 10.3 Å². The fourth-order valence-electron chi connectivity index (χ4n) is 2.30. The lowest BCUT2D eigenvalue weighted by molar-refractivity contribution is 0.590. The summed E-state index contributed by atoms with van der Waals surface area (Å²) < 4.78 is 27.5. The second-order valence-electron chi connectivity index (χ2n) is 4.83. The summed E-state index contributed by atoms with van der Waals surface area (Å²) in [5.74, 6) is -0.976. The van der Waals surface area contributed by atoms with Gasteiger partial charge in [0, 0.05) is 22.7 Å². The molecule has 0 radical (unpaired) electrons. The third kappa shape index (κ3) is 2.38. The smallest absolute Gasteiger partial charge is 0.149 e. The molecule has 106 valence electrons. The molecular formula is C16H13F2N3. The summed E-state index contributed by atoms with van der Waals surface area (Å²) >= 11 is 0. The van der Waals surface area contributed by atoms with E-state index in [0.29, 0.717) is 11.5 Å². The average Bonchev–Trinajstić information content (AvgIpc) is 2.43. The van der Waals surface area contributed by atoms with Gasteiger partial charge in [0.1, 0.15) is 23.1 Å². The molecule has 21 heavy (non-hydrogen) atoms. The predicted octanol–water partition coefficient (Wildman–Crippen LogP) is 4.15. The van der Waals surface area contributed by atoms with Gasteiger partial charge in [-0.1, -0.05) is 6.07 Å². The van der Waals surface area contributed by atoms with Crippen molar-refractivity contribution in [1.29, 1.82) is 0 Å². The molecule has 0 aliphatic heterocycles. The van der Waals surface area contributed by atoms with Crippen LogP contribution in [0.1, 0.15) is 5.56 Å². The molecule has 2 aromatic carbocycles. The number of rotatable bonds is 2. The molecular weight excluding hydrogens is 272 g/mol. The van der Waals surface area contributed by atoms with Crippen molar-refractivity contribution in [1.82, 2.24) is 4.98 Å². The number of pyridine rings is 1. The van der Waals surface area contributed by atoms with E-state index < -0.39 is 11.6 Å². The zero-order chi connectivity index (χ0) is 15.0. The van der Waals surface area contributed by atoms with Crippen LogP contribution in [0, 0.1) is 18.6 Å². The Kier molecular flexibility index (Phi) is 3.17. The summed E-state index contributed by atoms with van der Waals surface area (Å²) in [6.07, 6.45) is 1.55.